The van der Waals surface area contributed by atoms with Crippen molar-refractivity contribution in [3.05, 3.63) is 87.7 Å². The number of thiazole rings is 1. The number of benzene rings is 2. The molecule has 1 aromatic heterocycles. The first-order valence-corrected chi connectivity index (χ1v) is 10.3. The molecule has 1 amide bonds. The summed E-state index contributed by atoms with van der Waals surface area (Å²) in [6.07, 6.45) is 3.83. The van der Waals surface area contributed by atoms with Crippen LogP contribution in [0.5, 0.6) is 0 Å². The Morgan fingerprint density at radius 1 is 1.17 bits per heavy atom. The Labute approximate surface area is 179 Å². The van der Waals surface area contributed by atoms with E-state index in [0.717, 1.165) is 16.0 Å². The van der Waals surface area contributed by atoms with Gasteiger partial charge in [-0.05, 0) is 40.3 Å². The maximum absolute atomic E-state index is 13.0. The maximum Gasteiger partial charge on any atom is 0.268 e. The average molecular weight is 420 g/mol. The summed E-state index contributed by atoms with van der Waals surface area (Å²) < 4.78 is 13.0. The van der Waals surface area contributed by atoms with Crippen LogP contribution in [0.25, 0.3) is 6.08 Å². The Kier molecular flexibility index (Phi) is 6.43. The van der Waals surface area contributed by atoms with Crippen LogP contribution in [0.2, 0.25) is 0 Å². The predicted molar refractivity (Wildman–Crippen MR) is 119 cm³/mol. The van der Waals surface area contributed by atoms with Gasteiger partial charge in [0.1, 0.15) is 17.5 Å². The third kappa shape index (κ3) is 5.62. The summed E-state index contributed by atoms with van der Waals surface area (Å²) in [6.45, 7) is 6.39. The van der Waals surface area contributed by atoms with Crippen molar-refractivity contribution in [1.82, 2.24) is 4.98 Å². The number of carbonyl (C=O) groups excluding carboxylic acids is 1. The molecule has 3 aromatic rings. The summed E-state index contributed by atoms with van der Waals surface area (Å²) in [5, 5.41) is 12.5. The third-order valence-corrected chi connectivity index (χ3v) is 5.43. The second-order valence-electron chi connectivity index (χ2n) is 7.93. The number of nitriles is 1. The maximum atomic E-state index is 13.0. The second-order valence-corrected chi connectivity index (χ2v) is 9.05. The molecule has 0 atom stereocenters. The molecule has 152 valence electrons. The van der Waals surface area contributed by atoms with E-state index in [0.29, 0.717) is 11.6 Å². The fourth-order valence-electron chi connectivity index (χ4n) is 2.81. The van der Waals surface area contributed by atoms with Gasteiger partial charge in [-0.15, -0.1) is 11.3 Å². The second kappa shape index (κ2) is 9.02. The normalized spacial score (nSPS) is 11.8. The van der Waals surface area contributed by atoms with Crippen LogP contribution in [0, 0.1) is 17.1 Å². The molecule has 1 heterocycles. The Morgan fingerprint density at radius 3 is 2.43 bits per heavy atom. The van der Waals surface area contributed by atoms with Gasteiger partial charge in [0.25, 0.3) is 5.91 Å². The van der Waals surface area contributed by atoms with Crippen molar-refractivity contribution in [1.29, 1.82) is 5.26 Å². The van der Waals surface area contributed by atoms with Crippen molar-refractivity contribution >= 4 is 28.5 Å². The molecule has 6 heteroatoms. The van der Waals surface area contributed by atoms with E-state index in [1.165, 1.54) is 29.0 Å². The molecule has 2 aromatic carbocycles. The van der Waals surface area contributed by atoms with Crippen molar-refractivity contribution in [2.45, 2.75) is 32.6 Å². The van der Waals surface area contributed by atoms with Gasteiger partial charge >= 0.3 is 0 Å². The topological polar surface area (TPSA) is 65.8 Å². The fourth-order valence-corrected chi connectivity index (χ4v) is 3.65. The number of nitrogens with zero attached hydrogens (tertiary/aromatic N) is 2. The van der Waals surface area contributed by atoms with Crippen LogP contribution in [0.15, 0.2) is 60.3 Å². The lowest BCUT2D eigenvalue weighted by Gasteiger charge is -2.18. The first-order valence-electron chi connectivity index (χ1n) is 9.47. The zero-order valence-corrected chi connectivity index (χ0v) is 17.9. The number of anilines is 1. The summed E-state index contributed by atoms with van der Waals surface area (Å²) in [5.41, 5.74) is 2.96. The molecule has 0 radical (unpaired) electrons. The lowest BCUT2D eigenvalue weighted by Crippen LogP contribution is -2.13. The molecule has 0 fully saturated rings. The van der Waals surface area contributed by atoms with Crippen LogP contribution < -0.4 is 5.32 Å². The molecule has 4 nitrogen and oxygen atoms in total. The molecular weight excluding hydrogens is 397 g/mol. The Morgan fingerprint density at radius 2 is 1.83 bits per heavy atom. The molecule has 1 N–H and O–H groups in total. The number of hydrogen-bond acceptors (Lipinski definition) is 4. The smallest absolute Gasteiger partial charge is 0.268 e. The highest BCUT2D eigenvalue weighted by molar-refractivity contribution is 7.15. The van der Waals surface area contributed by atoms with Gasteiger partial charge in [0.15, 0.2) is 5.13 Å². The number of nitrogens with one attached hydrogen (secondary N) is 1. The largest absolute Gasteiger partial charge is 0.297 e. The quantitative estimate of drug-likeness (QED) is 0.425. The summed E-state index contributed by atoms with van der Waals surface area (Å²) in [6, 6.07) is 16.0. The van der Waals surface area contributed by atoms with Gasteiger partial charge in [0.2, 0.25) is 0 Å². The minimum absolute atomic E-state index is 0.00814. The highest BCUT2D eigenvalue weighted by Crippen LogP contribution is 2.24. The zero-order valence-electron chi connectivity index (χ0n) is 17.1. The van der Waals surface area contributed by atoms with Crippen molar-refractivity contribution in [3.8, 4) is 6.07 Å². The van der Waals surface area contributed by atoms with Crippen LogP contribution in [-0.2, 0) is 16.6 Å². The molecule has 0 saturated heterocycles. The molecule has 0 bridgehead atoms. The van der Waals surface area contributed by atoms with Crippen molar-refractivity contribution in [3.63, 3.8) is 0 Å². The summed E-state index contributed by atoms with van der Waals surface area (Å²) >= 11 is 1.33. The van der Waals surface area contributed by atoms with Crippen molar-refractivity contribution in [2.24, 2.45) is 0 Å². The van der Waals surface area contributed by atoms with E-state index < -0.39 is 5.91 Å². The van der Waals surface area contributed by atoms with E-state index in [1.807, 2.05) is 30.3 Å². The fraction of sp³-hybridized carbons (Fsp3) is 0.208. The monoisotopic (exact) mass is 419 g/mol. The molecule has 0 aliphatic heterocycles. The van der Waals surface area contributed by atoms with Gasteiger partial charge in [0.05, 0.1) is 0 Å². The minimum atomic E-state index is -0.500. The first-order chi connectivity index (χ1) is 14.2. The van der Waals surface area contributed by atoms with E-state index in [-0.39, 0.29) is 16.8 Å². The van der Waals surface area contributed by atoms with Gasteiger partial charge in [-0.2, -0.15) is 5.26 Å². The van der Waals surface area contributed by atoms with E-state index in [1.54, 1.807) is 24.4 Å². The predicted octanol–water partition coefficient (Wildman–Crippen LogP) is 5.72. The summed E-state index contributed by atoms with van der Waals surface area (Å²) in [7, 11) is 0. The molecule has 0 saturated carbocycles. The van der Waals surface area contributed by atoms with Gasteiger partial charge < -0.3 is 0 Å². The SMILES string of the molecule is CC(C)(C)c1ccc(/C=C(/C#N)C(=O)Nc2ncc(Cc3ccc(F)cc3)s2)cc1. The van der Waals surface area contributed by atoms with Gasteiger partial charge in [0, 0.05) is 17.5 Å². The molecule has 30 heavy (non-hydrogen) atoms. The highest BCUT2D eigenvalue weighted by atomic mass is 32.1. The molecule has 3 rings (SSSR count). The van der Waals surface area contributed by atoms with Gasteiger partial charge in [-0.25, -0.2) is 9.37 Å². The number of hydrogen-bond donors (Lipinski definition) is 1. The minimum Gasteiger partial charge on any atom is -0.297 e. The number of amides is 1. The molecule has 0 aliphatic carbocycles. The van der Waals surface area contributed by atoms with Crippen LogP contribution in [-0.4, -0.2) is 10.9 Å². The van der Waals surface area contributed by atoms with Crippen LogP contribution >= 0.6 is 11.3 Å². The number of carbonyl (C=O) groups is 1. The number of aromatic nitrogens is 1. The van der Waals surface area contributed by atoms with E-state index in [2.05, 4.69) is 31.1 Å². The van der Waals surface area contributed by atoms with E-state index in [9.17, 15) is 14.4 Å². The highest BCUT2D eigenvalue weighted by Gasteiger charge is 2.14. The molecule has 0 unspecified atom stereocenters. The van der Waals surface area contributed by atoms with Crippen LogP contribution in [0.4, 0.5) is 9.52 Å². The van der Waals surface area contributed by atoms with Crippen LogP contribution in [0.1, 0.15) is 42.3 Å². The Bertz CT molecular complexity index is 1100. The number of halogens is 1. The summed E-state index contributed by atoms with van der Waals surface area (Å²) in [4.78, 5) is 17.6. The van der Waals surface area contributed by atoms with Gasteiger partial charge in [-0.3, -0.25) is 10.1 Å². The molecule has 0 spiro atoms. The van der Waals surface area contributed by atoms with E-state index in [4.69, 9.17) is 0 Å². The Hall–Kier alpha value is -3.30. The zero-order chi connectivity index (χ0) is 21.7. The lowest BCUT2D eigenvalue weighted by atomic mass is 9.86. The Balaban J connectivity index is 1.68. The molecular formula is C24H22FN3OS. The molecule has 0 aliphatic rings. The van der Waals surface area contributed by atoms with Gasteiger partial charge in [-0.1, -0.05) is 57.2 Å². The van der Waals surface area contributed by atoms with Crippen LogP contribution in [0.3, 0.4) is 0 Å². The van der Waals surface area contributed by atoms with Crippen molar-refractivity contribution in [2.75, 3.05) is 5.32 Å². The lowest BCUT2D eigenvalue weighted by molar-refractivity contribution is -0.112. The third-order valence-electron chi connectivity index (χ3n) is 4.52. The summed E-state index contributed by atoms with van der Waals surface area (Å²) in [5.74, 6) is -0.778. The first kappa shape index (κ1) is 21.4. The average Bonchev–Trinajstić information content (AvgIpc) is 3.14. The number of rotatable bonds is 5. The van der Waals surface area contributed by atoms with Crippen molar-refractivity contribution < 1.29 is 9.18 Å². The van der Waals surface area contributed by atoms with E-state index >= 15 is 0 Å². The standard InChI is InChI=1S/C24H22FN3OS/c1-24(2,3)19-8-4-16(5-9-19)12-18(14-26)22(29)28-23-27-15-21(30-23)13-17-6-10-20(25)11-7-17/h4-12,15H,13H2,1-3H3,(H,27,28,29)/b18-12-.